The molecule has 0 amide bonds. The normalized spacial score (nSPS) is 22.7. The predicted molar refractivity (Wildman–Crippen MR) is 167 cm³/mol. The molecule has 1 saturated carbocycles. The zero-order chi connectivity index (χ0) is 34.2. The van der Waals surface area contributed by atoms with Gasteiger partial charge in [0, 0.05) is 29.9 Å². The van der Waals surface area contributed by atoms with Gasteiger partial charge in [-0.2, -0.15) is 27.2 Å². The van der Waals surface area contributed by atoms with Gasteiger partial charge in [0.2, 0.25) is 0 Å². The SMILES string of the molecule is CCS(=O)(=O)c1ccc([C@H](CC#N)NCC(=O)c2ccc(N3C[C@H](NC[C@H]4CC[C@H](C(F)(F)F)CC4)C[C@H]3COC(F)F)cc2)cc1. The number of alkyl halides is 5. The number of benzene rings is 2. The van der Waals surface area contributed by atoms with Gasteiger partial charge in [-0.05, 0) is 86.5 Å². The summed E-state index contributed by atoms with van der Waals surface area (Å²) in [4.78, 5) is 15.2. The van der Waals surface area contributed by atoms with Gasteiger partial charge in [0.25, 0.3) is 0 Å². The average Bonchev–Trinajstić information content (AvgIpc) is 3.47. The molecule has 2 aromatic carbocycles. The molecule has 2 fully saturated rings. The summed E-state index contributed by atoms with van der Waals surface area (Å²) in [6.45, 7) is -0.608. The van der Waals surface area contributed by atoms with E-state index in [-0.39, 0.29) is 66.8 Å². The molecule has 0 aromatic heterocycles. The Morgan fingerprint density at radius 1 is 1.06 bits per heavy atom. The molecule has 0 unspecified atom stereocenters. The van der Waals surface area contributed by atoms with Crippen LogP contribution in [0.1, 0.15) is 67.4 Å². The molecule has 14 heteroatoms. The predicted octanol–water partition coefficient (Wildman–Crippen LogP) is 6.05. The van der Waals surface area contributed by atoms with Crippen LogP contribution in [-0.4, -0.2) is 71.1 Å². The molecule has 4 rings (SSSR count). The molecule has 1 heterocycles. The number of hydrogen-bond acceptors (Lipinski definition) is 8. The Morgan fingerprint density at radius 3 is 2.30 bits per heavy atom. The lowest BCUT2D eigenvalue weighted by Crippen LogP contribution is -2.38. The van der Waals surface area contributed by atoms with Crippen molar-refractivity contribution in [3.05, 3.63) is 59.7 Å². The Hall–Kier alpha value is -3.12. The Bertz CT molecular complexity index is 1460. The molecule has 1 saturated heterocycles. The van der Waals surface area contributed by atoms with Crippen molar-refractivity contribution in [1.29, 1.82) is 5.26 Å². The quantitative estimate of drug-likeness (QED) is 0.172. The Kier molecular flexibility index (Phi) is 12.7. The van der Waals surface area contributed by atoms with Crippen LogP contribution in [-0.2, 0) is 14.6 Å². The first-order valence-corrected chi connectivity index (χ1v) is 17.5. The number of ether oxygens (including phenoxy) is 1. The Balaban J connectivity index is 1.34. The second kappa shape index (κ2) is 16.3. The molecule has 2 aliphatic rings. The van der Waals surface area contributed by atoms with Gasteiger partial charge in [-0.3, -0.25) is 4.79 Å². The molecule has 2 aromatic rings. The lowest BCUT2D eigenvalue weighted by molar-refractivity contribution is -0.183. The van der Waals surface area contributed by atoms with E-state index in [0.29, 0.717) is 43.5 Å². The fourth-order valence-corrected chi connectivity index (χ4v) is 7.26. The van der Waals surface area contributed by atoms with Crippen molar-refractivity contribution >= 4 is 21.3 Å². The first-order valence-electron chi connectivity index (χ1n) is 15.8. The van der Waals surface area contributed by atoms with Gasteiger partial charge < -0.3 is 20.3 Å². The highest BCUT2D eigenvalue weighted by atomic mass is 32.2. The number of halogens is 5. The zero-order valence-electron chi connectivity index (χ0n) is 26.2. The van der Waals surface area contributed by atoms with Crippen LogP contribution >= 0.6 is 0 Å². The third-order valence-electron chi connectivity index (χ3n) is 9.18. The highest BCUT2D eigenvalue weighted by Crippen LogP contribution is 2.39. The third kappa shape index (κ3) is 10.2. The van der Waals surface area contributed by atoms with E-state index < -0.39 is 34.6 Å². The second-order valence-electron chi connectivity index (χ2n) is 12.2. The minimum absolute atomic E-state index is 0.0311. The number of ketones is 1. The number of nitrogens with one attached hydrogen (secondary N) is 2. The molecule has 0 spiro atoms. The van der Waals surface area contributed by atoms with Crippen LogP contribution < -0.4 is 15.5 Å². The van der Waals surface area contributed by atoms with E-state index in [4.69, 9.17) is 0 Å². The van der Waals surface area contributed by atoms with Crippen LogP contribution in [0.2, 0.25) is 0 Å². The topological polar surface area (TPSA) is 112 Å². The number of sulfone groups is 1. The molecular formula is C33H41F5N4O4S. The van der Waals surface area contributed by atoms with Crippen molar-refractivity contribution in [2.24, 2.45) is 11.8 Å². The maximum absolute atomic E-state index is 13.0. The van der Waals surface area contributed by atoms with Crippen molar-refractivity contribution < 1.29 is 39.9 Å². The van der Waals surface area contributed by atoms with Gasteiger partial charge in [0.05, 0.1) is 48.2 Å². The van der Waals surface area contributed by atoms with Crippen molar-refractivity contribution in [2.75, 3.05) is 36.9 Å². The van der Waals surface area contributed by atoms with E-state index in [1.807, 2.05) is 4.90 Å². The van der Waals surface area contributed by atoms with Gasteiger partial charge in [-0.1, -0.05) is 19.1 Å². The third-order valence-corrected chi connectivity index (χ3v) is 10.9. The van der Waals surface area contributed by atoms with E-state index >= 15 is 0 Å². The van der Waals surface area contributed by atoms with Crippen molar-refractivity contribution in [1.82, 2.24) is 10.6 Å². The smallest absolute Gasteiger partial charge is 0.365 e. The molecule has 8 nitrogen and oxygen atoms in total. The monoisotopic (exact) mass is 684 g/mol. The number of anilines is 1. The second-order valence-corrected chi connectivity index (χ2v) is 14.5. The summed E-state index contributed by atoms with van der Waals surface area (Å²) < 4.78 is 93.8. The van der Waals surface area contributed by atoms with E-state index in [9.17, 15) is 40.4 Å². The van der Waals surface area contributed by atoms with Gasteiger partial charge in [-0.15, -0.1) is 0 Å². The lowest BCUT2D eigenvalue weighted by atomic mass is 9.81. The lowest BCUT2D eigenvalue weighted by Gasteiger charge is -2.30. The van der Waals surface area contributed by atoms with Crippen LogP contribution in [0.15, 0.2) is 53.4 Å². The first-order chi connectivity index (χ1) is 22.3. The summed E-state index contributed by atoms with van der Waals surface area (Å²) in [5.41, 5.74) is 1.80. The highest BCUT2D eigenvalue weighted by Gasteiger charge is 2.41. The Morgan fingerprint density at radius 2 is 1.72 bits per heavy atom. The number of hydrogen-bond donors (Lipinski definition) is 2. The van der Waals surface area contributed by atoms with Crippen molar-refractivity contribution in [3.63, 3.8) is 0 Å². The summed E-state index contributed by atoms with van der Waals surface area (Å²) in [7, 11) is -3.37. The number of nitriles is 1. The minimum atomic E-state index is -4.16. The van der Waals surface area contributed by atoms with Gasteiger partial charge in [0.1, 0.15) is 0 Å². The molecule has 0 radical (unpaired) electrons. The maximum atomic E-state index is 13.0. The summed E-state index contributed by atoms with van der Waals surface area (Å²) >= 11 is 0. The zero-order valence-corrected chi connectivity index (χ0v) is 27.0. The molecule has 1 aliphatic carbocycles. The average molecular weight is 685 g/mol. The molecule has 0 bridgehead atoms. The maximum Gasteiger partial charge on any atom is 0.391 e. The van der Waals surface area contributed by atoms with E-state index in [1.165, 1.54) is 12.1 Å². The van der Waals surface area contributed by atoms with Gasteiger partial charge in [0.15, 0.2) is 15.6 Å². The number of carbonyl (C=O) groups excluding carboxylic acids is 1. The van der Waals surface area contributed by atoms with Crippen LogP contribution in [0.25, 0.3) is 0 Å². The molecule has 258 valence electrons. The first kappa shape index (κ1) is 36.7. The molecule has 1 aliphatic heterocycles. The summed E-state index contributed by atoms with van der Waals surface area (Å²) in [6.07, 6.45) is -2.36. The van der Waals surface area contributed by atoms with Crippen molar-refractivity contribution in [2.45, 2.75) is 81.3 Å². The Labute approximate surface area is 272 Å². The van der Waals surface area contributed by atoms with Gasteiger partial charge >= 0.3 is 12.8 Å². The number of Topliss-reactive ketones (excluding diaryl/α,β-unsaturated/α-hetero) is 1. The van der Waals surface area contributed by atoms with E-state index in [1.54, 1.807) is 43.3 Å². The minimum Gasteiger partial charge on any atom is -0.365 e. The summed E-state index contributed by atoms with van der Waals surface area (Å²) in [5.74, 6) is -1.38. The summed E-state index contributed by atoms with van der Waals surface area (Å²) in [5, 5.41) is 15.8. The number of rotatable bonds is 15. The van der Waals surface area contributed by atoms with E-state index in [2.05, 4.69) is 21.4 Å². The fourth-order valence-electron chi connectivity index (χ4n) is 6.38. The highest BCUT2D eigenvalue weighted by molar-refractivity contribution is 7.91. The van der Waals surface area contributed by atoms with Gasteiger partial charge in [-0.25, -0.2) is 8.42 Å². The molecule has 2 N–H and O–H groups in total. The molecule has 47 heavy (non-hydrogen) atoms. The number of carbonyl (C=O) groups is 1. The van der Waals surface area contributed by atoms with E-state index in [0.717, 1.165) is 5.69 Å². The largest absolute Gasteiger partial charge is 0.391 e. The molecular weight excluding hydrogens is 643 g/mol. The number of nitrogens with zero attached hydrogens (tertiary/aromatic N) is 2. The standard InChI is InChI=1S/C33H41F5N4O4S/c1-2-47(44,45)29-13-7-23(8-14-29)30(15-16-39)41-19-31(43)24-5-11-27(12-6-24)42-20-26(17-28(42)21-46-32(34)35)40-18-22-3-9-25(10-4-22)33(36,37)38/h5-8,11-14,22,25-26,28,30,32,40-41H,2-4,9-10,15,17-21H2,1H3/t22-,25-,26-,28+,30+/m1/s1. The fraction of sp³-hybridized carbons (Fsp3) is 0.576. The molecule has 3 atom stereocenters. The van der Waals surface area contributed by atoms with Crippen LogP contribution in [0.4, 0.5) is 27.6 Å². The summed E-state index contributed by atoms with van der Waals surface area (Å²) in [6, 6.07) is 14.2. The van der Waals surface area contributed by atoms with Crippen LogP contribution in [0, 0.1) is 23.2 Å². The van der Waals surface area contributed by atoms with Crippen LogP contribution in [0.3, 0.4) is 0 Å². The van der Waals surface area contributed by atoms with Crippen molar-refractivity contribution in [3.8, 4) is 6.07 Å². The van der Waals surface area contributed by atoms with Crippen LogP contribution in [0.5, 0.6) is 0 Å².